The number of nitrogens with zero attached hydrogens (tertiary/aromatic N) is 1. The zero-order valence-electron chi connectivity index (χ0n) is 10.9. The Hall–Kier alpha value is -0.440. The Balaban J connectivity index is 2.18. The van der Waals surface area contributed by atoms with E-state index in [0.717, 1.165) is 35.4 Å². The Morgan fingerprint density at radius 3 is 2.67 bits per heavy atom. The minimum absolute atomic E-state index is 0.510. The molecular weight excluding hydrogens is 267 g/mol. The van der Waals surface area contributed by atoms with Crippen molar-refractivity contribution in [1.29, 1.82) is 0 Å². The van der Waals surface area contributed by atoms with Crippen LogP contribution >= 0.6 is 23.2 Å². The van der Waals surface area contributed by atoms with Gasteiger partial charge in [0.05, 0.1) is 15.7 Å². The van der Waals surface area contributed by atoms with Gasteiger partial charge in [-0.25, -0.2) is 0 Å². The SMILES string of the molecule is CCC(C)C1CN(c2c(Cl)cccc2Cl)CCN1. The summed E-state index contributed by atoms with van der Waals surface area (Å²) >= 11 is 12.6. The number of para-hydroxylation sites is 1. The van der Waals surface area contributed by atoms with Gasteiger partial charge in [-0.15, -0.1) is 0 Å². The first-order valence-electron chi connectivity index (χ1n) is 6.55. The van der Waals surface area contributed by atoms with Crippen LogP contribution in [0.25, 0.3) is 0 Å². The lowest BCUT2D eigenvalue weighted by Gasteiger charge is -2.38. The third-order valence-electron chi connectivity index (χ3n) is 3.79. The number of anilines is 1. The largest absolute Gasteiger partial charge is 0.366 e. The van der Waals surface area contributed by atoms with Crippen LogP contribution < -0.4 is 10.2 Å². The van der Waals surface area contributed by atoms with Gasteiger partial charge in [0.25, 0.3) is 0 Å². The van der Waals surface area contributed by atoms with E-state index in [0.29, 0.717) is 12.0 Å². The number of piperazine rings is 1. The van der Waals surface area contributed by atoms with Crippen molar-refractivity contribution in [3.8, 4) is 0 Å². The normalized spacial score (nSPS) is 22.0. The molecule has 0 bridgehead atoms. The standard InChI is InChI=1S/C14H20Cl2N2/c1-3-10(2)13-9-18(8-7-17-13)14-11(15)5-4-6-12(14)16/h4-6,10,13,17H,3,7-9H2,1-2H3. The van der Waals surface area contributed by atoms with Gasteiger partial charge in [0, 0.05) is 25.7 Å². The van der Waals surface area contributed by atoms with Crippen molar-refractivity contribution in [2.45, 2.75) is 26.3 Å². The minimum Gasteiger partial charge on any atom is -0.366 e. The topological polar surface area (TPSA) is 15.3 Å². The lowest BCUT2D eigenvalue weighted by Crippen LogP contribution is -2.53. The second kappa shape index (κ2) is 6.14. The molecule has 0 saturated carbocycles. The van der Waals surface area contributed by atoms with Gasteiger partial charge in [-0.1, -0.05) is 49.5 Å². The Morgan fingerprint density at radius 2 is 2.06 bits per heavy atom. The van der Waals surface area contributed by atoms with Crippen molar-refractivity contribution in [2.75, 3.05) is 24.5 Å². The summed E-state index contributed by atoms with van der Waals surface area (Å²) in [7, 11) is 0. The first-order chi connectivity index (χ1) is 8.63. The average Bonchev–Trinajstić information content (AvgIpc) is 2.38. The fourth-order valence-corrected chi connectivity index (χ4v) is 3.07. The number of rotatable bonds is 3. The molecule has 100 valence electrons. The number of hydrogen-bond donors (Lipinski definition) is 1. The van der Waals surface area contributed by atoms with Gasteiger partial charge in [0.2, 0.25) is 0 Å². The van der Waals surface area contributed by atoms with E-state index in [4.69, 9.17) is 23.2 Å². The molecule has 1 aliphatic heterocycles. The van der Waals surface area contributed by atoms with Crippen LogP contribution in [0.1, 0.15) is 20.3 Å². The summed E-state index contributed by atoms with van der Waals surface area (Å²) < 4.78 is 0. The summed E-state index contributed by atoms with van der Waals surface area (Å²) in [6, 6.07) is 6.21. The van der Waals surface area contributed by atoms with Crippen LogP contribution in [0.5, 0.6) is 0 Å². The number of nitrogens with one attached hydrogen (secondary N) is 1. The van der Waals surface area contributed by atoms with Crippen molar-refractivity contribution >= 4 is 28.9 Å². The Kier molecular flexibility index (Phi) is 4.77. The van der Waals surface area contributed by atoms with Gasteiger partial charge in [0.15, 0.2) is 0 Å². The minimum atomic E-state index is 0.510. The quantitative estimate of drug-likeness (QED) is 0.909. The van der Waals surface area contributed by atoms with Crippen LogP contribution in [0, 0.1) is 5.92 Å². The van der Waals surface area contributed by atoms with E-state index in [1.807, 2.05) is 18.2 Å². The lowest BCUT2D eigenvalue weighted by molar-refractivity contribution is 0.342. The molecule has 1 N–H and O–H groups in total. The van der Waals surface area contributed by atoms with Gasteiger partial charge >= 0.3 is 0 Å². The van der Waals surface area contributed by atoms with Crippen LogP contribution in [0.2, 0.25) is 10.0 Å². The first-order valence-corrected chi connectivity index (χ1v) is 7.31. The molecule has 0 spiro atoms. The summed E-state index contributed by atoms with van der Waals surface area (Å²) in [5, 5.41) is 5.07. The molecule has 1 saturated heterocycles. The fourth-order valence-electron chi connectivity index (χ4n) is 2.44. The number of hydrogen-bond acceptors (Lipinski definition) is 2. The zero-order chi connectivity index (χ0) is 13.1. The average molecular weight is 287 g/mol. The highest BCUT2D eigenvalue weighted by Crippen LogP contribution is 2.34. The van der Waals surface area contributed by atoms with Crippen molar-refractivity contribution in [3.05, 3.63) is 28.2 Å². The molecule has 0 amide bonds. The van der Waals surface area contributed by atoms with E-state index < -0.39 is 0 Å². The molecule has 0 aromatic heterocycles. The molecule has 0 aliphatic carbocycles. The molecule has 1 aromatic carbocycles. The maximum Gasteiger partial charge on any atom is 0.0745 e. The van der Waals surface area contributed by atoms with Gasteiger partial charge in [0.1, 0.15) is 0 Å². The van der Waals surface area contributed by atoms with Crippen LogP contribution in [-0.4, -0.2) is 25.7 Å². The van der Waals surface area contributed by atoms with Gasteiger partial charge in [-0.05, 0) is 18.1 Å². The predicted octanol–water partition coefficient (Wildman–Crippen LogP) is 3.82. The Labute approximate surface area is 119 Å². The molecule has 0 radical (unpaired) electrons. The molecule has 2 rings (SSSR count). The number of benzene rings is 1. The Bertz CT molecular complexity index is 389. The van der Waals surface area contributed by atoms with Crippen LogP contribution in [0.3, 0.4) is 0 Å². The van der Waals surface area contributed by atoms with Crippen LogP contribution in [0.4, 0.5) is 5.69 Å². The van der Waals surface area contributed by atoms with Crippen molar-refractivity contribution < 1.29 is 0 Å². The second-order valence-electron chi connectivity index (χ2n) is 4.96. The fraction of sp³-hybridized carbons (Fsp3) is 0.571. The number of halogens is 2. The monoisotopic (exact) mass is 286 g/mol. The van der Waals surface area contributed by atoms with E-state index in [2.05, 4.69) is 24.1 Å². The molecular formula is C14H20Cl2N2. The zero-order valence-corrected chi connectivity index (χ0v) is 12.4. The van der Waals surface area contributed by atoms with Gasteiger partial charge < -0.3 is 10.2 Å². The molecule has 2 atom stereocenters. The maximum atomic E-state index is 6.28. The van der Waals surface area contributed by atoms with Gasteiger partial charge in [-0.2, -0.15) is 0 Å². The van der Waals surface area contributed by atoms with Crippen molar-refractivity contribution in [3.63, 3.8) is 0 Å². The van der Waals surface area contributed by atoms with E-state index >= 15 is 0 Å². The summed E-state index contributed by atoms with van der Waals surface area (Å²) in [4.78, 5) is 2.30. The highest BCUT2D eigenvalue weighted by Gasteiger charge is 2.25. The summed E-state index contributed by atoms with van der Waals surface area (Å²) in [6.45, 7) is 7.43. The molecule has 18 heavy (non-hydrogen) atoms. The molecule has 1 aromatic rings. The second-order valence-corrected chi connectivity index (χ2v) is 5.78. The summed E-state index contributed by atoms with van der Waals surface area (Å²) in [6.07, 6.45) is 1.18. The van der Waals surface area contributed by atoms with Crippen molar-refractivity contribution in [2.24, 2.45) is 5.92 Å². The summed E-state index contributed by atoms with van der Waals surface area (Å²) in [5.41, 5.74) is 0.982. The molecule has 1 heterocycles. The highest BCUT2D eigenvalue weighted by atomic mass is 35.5. The van der Waals surface area contributed by atoms with E-state index in [1.54, 1.807) is 0 Å². The van der Waals surface area contributed by atoms with Gasteiger partial charge in [-0.3, -0.25) is 0 Å². The predicted molar refractivity (Wildman–Crippen MR) is 79.9 cm³/mol. The molecule has 2 nitrogen and oxygen atoms in total. The van der Waals surface area contributed by atoms with Crippen molar-refractivity contribution in [1.82, 2.24) is 5.32 Å². The maximum absolute atomic E-state index is 6.28. The first kappa shape index (κ1) is 14.0. The molecule has 2 unspecified atom stereocenters. The Morgan fingerprint density at radius 1 is 1.39 bits per heavy atom. The smallest absolute Gasteiger partial charge is 0.0745 e. The third-order valence-corrected chi connectivity index (χ3v) is 4.40. The molecule has 4 heteroatoms. The highest BCUT2D eigenvalue weighted by molar-refractivity contribution is 6.39. The van der Waals surface area contributed by atoms with Crippen LogP contribution in [0.15, 0.2) is 18.2 Å². The summed E-state index contributed by atoms with van der Waals surface area (Å²) in [5.74, 6) is 0.661. The lowest BCUT2D eigenvalue weighted by atomic mass is 9.97. The van der Waals surface area contributed by atoms with E-state index in [9.17, 15) is 0 Å². The molecule has 1 aliphatic rings. The van der Waals surface area contributed by atoms with E-state index in [1.165, 1.54) is 6.42 Å². The third kappa shape index (κ3) is 2.93. The van der Waals surface area contributed by atoms with E-state index in [-0.39, 0.29) is 0 Å². The van der Waals surface area contributed by atoms with Crippen LogP contribution in [-0.2, 0) is 0 Å². The molecule has 1 fully saturated rings.